The van der Waals surface area contributed by atoms with Gasteiger partial charge in [-0.2, -0.15) is 0 Å². The summed E-state index contributed by atoms with van der Waals surface area (Å²) in [5, 5.41) is 0. The van der Waals surface area contributed by atoms with Gasteiger partial charge in [-0.1, -0.05) is 0 Å². The molecule has 4 heavy (non-hydrogen) atoms. The van der Waals surface area contributed by atoms with Crippen LogP contribution in [0.15, 0.2) is 0 Å². The predicted octanol–water partition coefficient (Wildman–Crippen LogP) is -0.863. The summed E-state index contributed by atoms with van der Waals surface area (Å²) in [7, 11) is 4.18. The molecule has 0 aromatic rings. The van der Waals surface area contributed by atoms with E-state index in [0.29, 0.717) is 0 Å². The zero-order valence-corrected chi connectivity index (χ0v) is 8.84. The van der Waals surface area contributed by atoms with Gasteiger partial charge < -0.3 is 0 Å². The van der Waals surface area contributed by atoms with E-state index >= 15 is 0 Å². The molecular formula is H5FeNbPSi. The summed E-state index contributed by atoms with van der Waals surface area (Å²) in [6, 6.07) is 0. The van der Waals surface area contributed by atoms with Gasteiger partial charge in [0.25, 0.3) is 0 Å². The summed E-state index contributed by atoms with van der Waals surface area (Å²) >= 11 is 3.20. The molecule has 0 heterocycles. The van der Waals surface area contributed by atoms with Gasteiger partial charge in [0.15, 0.2) is 0 Å². The van der Waals surface area contributed by atoms with Crippen molar-refractivity contribution in [1.82, 2.24) is 0 Å². The van der Waals surface area contributed by atoms with E-state index in [-0.39, 0.29) is 0 Å². The van der Waals surface area contributed by atoms with E-state index in [2.05, 4.69) is 20.2 Å². The molecule has 0 fully saturated rings. The third-order valence-electron chi connectivity index (χ3n) is 0. The first-order valence-corrected chi connectivity index (χ1v) is 16.4. The average molecular weight is 213 g/mol. The molecule has 0 aromatic heterocycles. The summed E-state index contributed by atoms with van der Waals surface area (Å²) in [6.45, 7) is 0. The van der Waals surface area contributed by atoms with Crippen molar-refractivity contribution in [3.05, 3.63) is 0 Å². The first kappa shape index (κ1) is 5.91. The van der Waals surface area contributed by atoms with E-state index in [9.17, 15) is 0 Å². The number of hydrogen-bond donors (Lipinski definition) is 0. The van der Waals surface area contributed by atoms with Gasteiger partial charge >= 0.3 is 43.2 Å². The summed E-state index contributed by atoms with van der Waals surface area (Å²) in [5.41, 5.74) is 0. The van der Waals surface area contributed by atoms with Crippen molar-refractivity contribution in [2.75, 3.05) is 0 Å². The van der Waals surface area contributed by atoms with E-state index in [1.54, 1.807) is 0 Å². The molecule has 4 heteroatoms. The Balaban J connectivity index is 2.32. The molecule has 0 saturated carbocycles. The molecule has 0 radical (unpaired) electrons. The van der Waals surface area contributed by atoms with Gasteiger partial charge in [-0.15, -0.1) is 0 Å². The van der Waals surface area contributed by atoms with Crippen LogP contribution >= 0.6 is 7.13 Å². The van der Waals surface area contributed by atoms with Gasteiger partial charge in [-0.25, -0.2) is 0 Å². The topological polar surface area (TPSA) is 0 Å². The zero-order chi connectivity index (χ0) is 3.58. The molecule has 0 bridgehead atoms. The van der Waals surface area contributed by atoms with Gasteiger partial charge in [0.1, 0.15) is 0 Å². The van der Waals surface area contributed by atoms with Crippen LogP contribution < -0.4 is 0 Å². The van der Waals surface area contributed by atoms with Crippen molar-refractivity contribution in [2.45, 2.75) is 0 Å². The quantitative estimate of drug-likeness (QED) is 0.362. The Morgan fingerprint density at radius 2 is 2.00 bits per heavy atom. The normalized spacial score (nSPS) is 9.75. The maximum absolute atomic E-state index is 3.85. The Hall–Kier alpha value is 1.91. The fraction of sp³-hybridized carbons (Fsp3) is 0. The summed E-state index contributed by atoms with van der Waals surface area (Å²) in [5.74, 6) is 0. The van der Waals surface area contributed by atoms with E-state index < -0.39 is 15.0 Å². The third-order valence-corrected chi connectivity index (χ3v) is 0. The van der Waals surface area contributed by atoms with E-state index in [4.69, 9.17) is 0 Å². The van der Waals surface area contributed by atoms with Crippen LogP contribution in [-0.4, -0.2) is 8.00 Å². The van der Waals surface area contributed by atoms with Crippen molar-refractivity contribution in [2.24, 2.45) is 0 Å². The molecule has 0 spiro atoms. The second-order valence-corrected chi connectivity index (χ2v) is 32.0. The Morgan fingerprint density at radius 3 is 2.00 bits per heavy atom. The van der Waals surface area contributed by atoms with Crippen molar-refractivity contribution < 1.29 is 28.1 Å². The van der Waals surface area contributed by atoms with Crippen molar-refractivity contribution in [3.63, 3.8) is 0 Å². The summed E-state index contributed by atoms with van der Waals surface area (Å²) in [4.78, 5) is 0. The molecule has 0 amide bonds. The molecule has 1 atom stereocenters. The van der Waals surface area contributed by atoms with Crippen LogP contribution in [0.4, 0.5) is 0 Å². The fourth-order valence-corrected chi connectivity index (χ4v) is 0. The number of rotatable bonds is 0. The Bertz CT molecular complexity index is 12.8. The first-order valence-electron chi connectivity index (χ1n) is 0.864. The molecule has 1 unspecified atom stereocenters. The third kappa shape index (κ3) is 9.08. The first-order chi connectivity index (χ1) is 1.73. The molecule has 0 saturated heterocycles. The molecule has 0 aromatic carbocycles. The SMILES string of the molecule is [SiH3][Nb]([PH2])[Fe]. The molecular weight excluding hydrogens is 208 g/mol. The molecule has 0 aliphatic heterocycles. The molecule has 0 nitrogen and oxygen atoms in total. The van der Waals surface area contributed by atoms with Gasteiger partial charge in [0.2, 0.25) is 0 Å². The zero-order valence-electron chi connectivity index (χ0n) is 2.38. The van der Waals surface area contributed by atoms with Crippen molar-refractivity contribution in [3.8, 4) is 0 Å². The number of hydrogen-bond acceptors (Lipinski definition) is 0. The monoisotopic (exact) mass is 213 g/mol. The second-order valence-electron chi connectivity index (χ2n) is 0.508. The van der Waals surface area contributed by atoms with E-state index in [1.807, 2.05) is 0 Å². The minimum absolute atomic E-state index is 0.644. The Morgan fingerprint density at radius 1 is 2.00 bits per heavy atom. The Labute approximate surface area is 43.0 Å². The second kappa shape index (κ2) is 3.11. The maximum atomic E-state index is 3.85. The average Bonchev–Trinajstić information content (AvgIpc) is 0.811. The Kier molecular flexibility index (Phi) is 4.59. The van der Waals surface area contributed by atoms with E-state index in [1.165, 1.54) is 8.00 Å². The van der Waals surface area contributed by atoms with Gasteiger partial charge in [-0.05, 0) is 0 Å². The molecule has 0 N–H and O–H groups in total. The molecule has 0 aliphatic rings. The molecule has 0 rings (SSSR count). The van der Waals surface area contributed by atoms with Crippen LogP contribution in [0.2, 0.25) is 0 Å². The van der Waals surface area contributed by atoms with Crippen LogP contribution in [0, 0.1) is 0 Å². The van der Waals surface area contributed by atoms with Gasteiger partial charge in [0, 0.05) is 0 Å². The van der Waals surface area contributed by atoms with Gasteiger partial charge in [-0.3, -0.25) is 0 Å². The molecule has 0 aliphatic carbocycles. The van der Waals surface area contributed by atoms with Crippen LogP contribution in [0.5, 0.6) is 0 Å². The van der Waals surface area contributed by atoms with Crippen LogP contribution in [0.1, 0.15) is 0 Å². The van der Waals surface area contributed by atoms with Crippen LogP contribution in [-0.2, 0) is 28.1 Å². The fourth-order valence-electron chi connectivity index (χ4n) is 0. The molecule has 27 valence electrons. The predicted molar refractivity (Wildman–Crippen MR) is 19.6 cm³/mol. The standard InChI is InChI=1S/Fe.Nb.H2P.H3Si/h;;1H2;1H3/q;+1;-1;. The van der Waals surface area contributed by atoms with Crippen LogP contribution in [0.3, 0.4) is 0 Å². The summed E-state index contributed by atoms with van der Waals surface area (Å²) < 4.78 is 0. The van der Waals surface area contributed by atoms with Crippen molar-refractivity contribution >= 4 is 15.1 Å². The van der Waals surface area contributed by atoms with Gasteiger partial charge in [0.05, 0.1) is 0 Å². The van der Waals surface area contributed by atoms with Crippen LogP contribution in [0.25, 0.3) is 0 Å². The minimum atomic E-state index is -0.644. The van der Waals surface area contributed by atoms with E-state index in [0.717, 1.165) is 0 Å². The summed E-state index contributed by atoms with van der Waals surface area (Å²) in [6.07, 6.45) is 0. The van der Waals surface area contributed by atoms with Crippen molar-refractivity contribution in [1.29, 1.82) is 0 Å².